The van der Waals surface area contributed by atoms with Gasteiger partial charge in [-0.2, -0.15) is 10.5 Å². The van der Waals surface area contributed by atoms with Crippen molar-refractivity contribution in [3.63, 3.8) is 0 Å². The molecule has 0 bridgehead atoms. The largest absolute Gasteiger partial charge is 0.361 e. The van der Waals surface area contributed by atoms with Gasteiger partial charge in [-0.25, -0.2) is 0 Å². The minimum atomic E-state index is 0.0620. The molecule has 0 saturated carbocycles. The highest BCUT2D eigenvalue weighted by molar-refractivity contribution is 6.18. The third kappa shape index (κ3) is 4.23. The topological polar surface area (TPSA) is 96.2 Å². The molecular weight excluding hydrogens is 372 g/mol. The van der Waals surface area contributed by atoms with Crippen molar-refractivity contribution in [3.05, 3.63) is 71.5 Å². The number of hydrogen-bond acceptors (Lipinski definition) is 3. The number of Topliss-reactive ketones (excluding diaryl/α,β-unsaturated/α-hetero) is 1. The Morgan fingerprint density at radius 1 is 0.964 bits per heavy atom. The summed E-state index contributed by atoms with van der Waals surface area (Å²) >= 11 is 5.57. The number of ketones is 1. The van der Waals surface area contributed by atoms with Gasteiger partial charge in [0.05, 0.1) is 23.3 Å². The maximum absolute atomic E-state index is 11.9. The molecule has 0 spiro atoms. The van der Waals surface area contributed by atoms with Gasteiger partial charge in [0, 0.05) is 52.1 Å². The second kappa shape index (κ2) is 8.90. The number of aromatic amines is 2. The first-order chi connectivity index (χ1) is 13.7. The Morgan fingerprint density at radius 3 is 2.39 bits per heavy atom. The molecule has 0 aliphatic carbocycles. The summed E-state index contributed by atoms with van der Waals surface area (Å²) in [6, 6.07) is 17.0. The number of nitrogens with one attached hydrogen (secondary N) is 2. The van der Waals surface area contributed by atoms with Crippen molar-refractivity contribution in [1.82, 2.24) is 9.97 Å². The van der Waals surface area contributed by atoms with Crippen LogP contribution < -0.4 is 0 Å². The van der Waals surface area contributed by atoms with Crippen molar-refractivity contribution in [2.45, 2.75) is 12.8 Å². The molecule has 2 aromatic heterocycles. The number of carbonyl (C=O) groups excluding carboxylic acids is 1. The number of fused-ring (bicyclic) bond motifs is 2. The monoisotopic (exact) mass is 388 g/mol. The summed E-state index contributed by atoms with van der Waals surface area (Å²) < 4.78 is 0. The van der Waals surface area contributed by atoms with Crippen molar-refractivity contribution in [2.75, 3.05) is 5.88 Å². The molecule has 0 saturated heterocycles. The van der Waals surface area contributed by atoms with Crippen molar-refractivity contribution in [2.24, 2.45) is 0 Å². The number of aromatic nitrogens is 2. The van der Waals surface area contributed by atoms with Gasteiger partial charge in [0.25, 0.3) is 0 Å². The fourth-order valence-corrected chi connectivity index (χ4v) is 3.04. The average molecular weight is 389 g/mol. The van der Waals surface area contributed by atoms with E-state index in [1.165, 1.54) is 0 Å². The molecule has 0 aliphatic rings. The van der Waals surface area contributed by atoms with E-state index in [9.17, 15) is 4.79 Å². The van der Waals surface area contributed by atoms with Gasteiger partial charge in [0.1, 0.15) is 0 Å². The second-order valence-corrected chi connectivity index (χ2v) is 6.56. The summed E-state index contributed by atoms with van der Waals surface area (Å²) in [6.45, 7) is 0. The fourth-order valence-electron chi connectivity index (χ4n) is 2.91. The number of nitriles is 2. The molecule has 6 heteroatoms. The highest BCUT2D eigenvalue weighted by atomic mass is 35.5. The minimum absolute atomic E-state index is 0.0620. The van der Waals surface area contributed by atoms with Gasteiger partial charge in [-0.05, 0) is 48.9 Å². The lowest BCUT2D eigenvalue weighted by Crippen LogP contribution is -1.98. The predicted molar refractivity (Wildman–Crippen MR) is 110 cm³/mol. The highest BCUT2D eigenvalue weighted by Crippen LogP contribution is 2.21. The number of H-pyrrole nitrogens is 2. The molecular formula is C22H17ClN4O. The van der Waals surface area contributed by atoms with E-state index < -0.39 is 0 Å². The SMILES string of the molecule is N#Cc1ccc2[nH]cc(C(=O)CCCCl)c2c1.N#Cc1ccc2[nH]ccc2c1. The molecule has 4 rings (SSSR count). The molecule has 0 unspecified atom stereocenters. The van der Waals surface area contributed by atoms with Crippen LogP contribution in [0.3, 0.4) is 0 Å². The molecule has 0 fully saturated rings. The number of benzene rings is 2. The Morgan fingerprint density at radius 2 is 1.68 bits per heavy atom. The van der Waals surface area contributed by atoms with Gasteiger partial charge in [0.15, 0.2) is 5.78 Å². The van der Waals surface area contributed by atoms with Crippen LogP contribution in [0.15, 0.2) is 54.9 Å². The fraction of sp³-hybridized carbons (Fsp3) is 0.136. The van der Waals surface area contributed by atoms with E-state index in [1.54, 1.807) is 24.4 Å². The zero-order valence-corrected chi connectivity index (χ0v) is 15.8. The molecule has 138 valence electrons. The lowest BCUT2D eigenvalue weighted by molar-refractivity contribution is 0.0983. The van der Waals surface area contributed by atoms with Crippen molar-refractivity contribution in [1.29, 1.82) is 10.5 Å². The van der Waals surface area contributed by atoms with Gasteiger partial charge >= 0.3 is 0 Å². The minimum Gasteiger partial charge on any atom is -0.361 e. The number of rotatable bonds is 4. The smallest absolute Gasteiger partial charge is 0.165 e. The van der Waals surface area contributed by atoms with E-state index >= 15 is 0 Å². The zero-order chi connectivity index (χ0) is 19.9. The van der Waals surface area contributed by atoms with Crippen molar-refractivity contribution in [3.8, 4) is 12.1 Å². The van der Waals surface area contributed by atoms with Crippen LogP contribution in [0.5, 0.6) is 0 Å². The maximum Gasteiger partial charge on any atom is 0.165 e. The number of alkyl halides is 1. The Bertz CT molecular complexity index is 1210. The predicted octanol–water partition coefficient (Wildman–Crippen LogP) is 5.28. The molecule has 28 heavy (non-hydrogen) atoms. The van der Waals surface area contributed by atoms with Gasteiger partial charge < -0.3 is 9.97 Å². The van der Waals surface area contributed by atoms with Crippen LogP contribution in [0.4, 0.5) is 0 Å². The number of carbonyl (C=O) groups is 1. The lowest BCUT2D eigenvalue weighted by Gasteiger charge is -1.98. The zero-order valence-electron chi connectivity index (χ0n) is 15.0. The van der Waals surface area contributed by atoms with Crippen LogP contribution in [0, 0.1) is 22.7 Å². The molecule has 2 heterocycles. The molecule has 4 aromatic rings. The standard InChI is InChI=1S/C13H11ClN2O.C9H6N2/c14-5-1-2-13(17)11-8-16-12-4-3-9(7-15)6-10(11)12;10-6-7-1-2-9-8(5-7)3-4-11-9/h3-4,6,8,16H,1-2,5H2;1-5,11H. The Labute approximate surface area is 167 Å². The first-order valence-electron chi connectivity index (χ1n) is 8.74. The first-order valence-corrected chi connectivity index (χ1v) is 9.27. The normalized spacial score (nSPS) is 10.1. The van der Waals surface area contributed by atoms with Gasteiger partial charge in [-0.15, -0.1) is 11.6 Å². The number of nitrogens with zero attached hydrogens (tertiary/aromatic N) is 2. The maximum atomic E-state index is 11.9. The first kappa shape index (κ1) is 19.2. The van der Waals surface area contributed by atoms with Gasteiger partial charge in [0.2, 0.25) is 0 Å². The molecule has 0 atom stereocenters. The van der Waals surface area contributed by atoms with E-state index in [0.29, 0.717) is 35.4 Å². The number of hydrogen-bond donors (Lipinski definition) is 2. The quantitative estimate of drug-likeness (QED) is 0.367. The van der Waals surface area contributed by atoms with Crippen LogP contribution in [0.25, 0.3) is 21.8 Å². The third-order valence-electron chi connectivity index (χ3n) is 4.33. The molecule has 5 nitrogen and oxygen atoms in total. The average Bonchev–Trinajstić information content (AvgIpc) is 3.37. The van der Waals surface area contributed by atoms with E-state index in [0.717, 1.165) is 21.8 Å². The summed E-state index contributed by atoms with van der Waals surface area (Å²) in [5, 5.41) is 19.3. The van der Waals surface area contributed by atoms with Crippen LogP contribution >= 0.6 is 11.6 Å². The van der Waals surface area contributed by atoms with Crippen LogP contribution in [0.2, 0.25) is 0 Å². The summed E-state index contributed by atoms with van der Waals surface area (Å²) in [5.41, 5.74) is 3.85. The van der Waals surface area contributed by atoms with Gasteiger partial charge in [-0.3, -0.25) is 4.79 Å². The van der Waals surface area contributed by atoms with Crippen molar-refractivity contribution < 1.29 is 4.79 Å². The summed E-state index contributed by atoms with van der Waals surface area (Å²) in [7, 11) is 0. The molecule has 2 aromatic carbocycles. The van der Waals surface area contributed by atoms with E-state index in [2.05, 4.69) is 22.1 Å². The van der Waals surface area contributed by atoms with Crippen LogP contribution in [0.1, 0.15) is 34.3 Å². The Kier molecular flexibility index (Phi) is 6.11. The summed E-state index contributed by atoms with van der Waals surface area (Å²) in [5.74, 6) is 0.546. The Balaban J connectivity index is 0.000000176. The van der Waals surface area contributed by atoms with E-state index in [-0.39, 0.29) is 5.78 Å². The summed E-state index contributed by atoms with van der Waals surface area (Å²) in [6.07, 6.45) is 4.67. The molecule has 0 amide bonds. The lowest BCUT2D eigenvalue weighted by atomic mass is 10.0. The van der Waals surface area contributed by atoms with E-state index in [1.807, 2.05) is 30.5 Å². The van der Waals surface area contributed by atoms with Gasteiger partial charge in [-0.1, -0.05) is 0 Å². The van der Waals surface area contributed by atoms with Crippen LogP contribution in [-0.2, 0) is 0 Å². The molecule has 2 N–H and O–H groups in total. The summed E-state index contributed by atoms with van der Waals surface area (Å²) in [4.78, 5) is 18.0. The molecule has 0 aliphatic heterocycles. The second-order valence-electron chi connectivity index (χ2n) is 6.18. The van der Waals surface area contributed by atoms with Crippen molar-refractivity contribution >= 4 is 39.2 Å². The van der Waals surface area contributed by atoms with Crippen LogP contribution in [-0.4, -0.2) is 21.6 Å². The number of halogens is 1. The third-order valence-corrected chi connectivity index (χ3v) is 4.60. The highest BCUT2D eigenvalue weighted by Gasteiger charge is 2.11. The Hall–Kier alpha value is -3.54. The molecule has 0 radical (unpaired) electrons. The van der Waals surface area contributed by atoms with E-state index in [4.69, 9.17) is 22.1 Å².